The molecule has 0 bridgehead atoms. The molecule has 1 heterocycles. The van der Waals surface area contributed by atoms with Gasteiger partial charge >= 0.3 is 0 Å². The first-order valence-electron chi connectivity index (χ1n) is 4.91. The van der Waals surface area contributed by atoms with E-state index in [1.54, 1.807) is 0 Å². The van der Waals surface area contributed by atoms with Crippen LogP contribution in [0.4, 0.5) is 0 Å². The number of hydrogen-bond donors (Lipinski definition) is 0. The van der Waals surface area contributed by atoms with Gasteiger partial charge in [0.25, 0.3) is 0 Å². The van der Waals surface area contributed by atoms with E-state index in [2.05, 4.69) is 48.3 Å². The summed E-state index contributed by atoms with van der Waals surface area (Å²) in [5, 5.41) is 2.68. The number of dihydropyridines is 1. The topological polar surface area (TPSA) is 12.4 Å². The molecule has 0 aromatic heterocycles. The van der Waals surface area contributed by atoms with Crippen LogP contribution in [-0.4, -0.2) is 12.3 Å². The van der Waals surface area contributed by atoms with E-state index in [0.717, 1.165) is 0 Å². The average Bonchev–Trinajstić information content (AvgIpc) is 2.57. The number of rotatable bonds is 0. The lowest BCUT2D eigenvalue weighted by Crippen LogP contribution is -2.25. The monoisotopic (exact) mass is 181 g/mol. The molecule has 0 amide bonds. The van der Waals surface area contributed by atoms with E-state index < -0.39 is 0 Å². The highest BCUT2D eigenvalue weighted by Crippen LogP contribution is 2.22. The largest absolute Gasteiger partial charge is 0.285 e. The molecular weight excluding hydrogens is 170 g/mol. The summed E-state index contributed by atoms with van der Waals surface area (Å²) in [6, 6.07) is 8.82. The molecule has 1 unspecified atom stereocenters. The maximum absolute atomic E-state index is 4.41. The molecule has 1 atom stereocenters. The van der Waals surface area contributed by atoms with Crippen LogP contribution in [0.2, 0.25) is 0 Å². The number of hydrogen-bond acceptors (Lipinski definition) is 1. The Labute approximate surface area is 82.8 Å². The van der Waals surface area contributed by atoms with Crippen molar-refractivity contribution in [1.82, 2.24) is 0 Å². The van der Waals surface area contributed by atoms with E-state index >= 15 is 0 Å². The van der Waals surface area contributed by atoms with E-state index in [-0.39, 0.29) is 0 Å². The third-order valence-corrected chi connectivity index (χ3v) is 2.85. The minimum absolute atomic E-state index is 0.301. The van der Waals surface area contributed by atoms with Crippen molar-refractivity contribution in [2.75, 3.05) is 0 Å². The van der Waals surface area contributed by atoms with Crippen molar-refractivity contribution < 1.29 is 0 Å². The van der Waals surface area contributed by atoms with Gasteiger partial charge in [-0.15, -0.1) is 0 Å². The van der Waals surface area contributed by atoms with Crippen LogP contribution in [-0.2, 0) is 0 Å². The lowest BCUT2D eigenvalue weighted by molar-refractivity contribution is 0.945. The summed E-state index contributed by atoms with van der Waals surface area (Å²) in [4.78, 5) is 4.41. The van der Waals surface area contributed by atoms with Gasteiger partial charge in [-0.25, -0.2) is 0 Å². The van der Waals surface area contributed by atoms with Crippen LogP contribution in [0.3, 0.4) is 0 Å². The van der Waals surface area contributed by atoms with Gasteiger partial charge in [0.1, 0.15) is 0 Å². The molecular formula is C13H11N. The zero-order chi connectivity index (χ0) is 9.54. The van der Waals surface area contributed by atoms with Gasteiger partial charge in [-0.1, -0.05) is 24.3 Å². The highest BCUT2D eigenvalue weighted by molar-refractivity contribution is 5.94. The summed E-state index contributed by atoms with van der Waals surface area (Å²) in [5.41, 5.74) is 2.71. The Balaban J connectivity index is 2.45. The van der Waals surface area contributed by atoms with Crippen molar-refractivity contribution >= 4 is 17.9 Å². The SMILES string of the molecule is CC1N=CC=C2C=c3ccccc3=C21. The molecule has 0 N–H and O–H groups in total. The number of aliphatic imine (C=N–C) groups is 1. The van der Waals surface area contributed by atoms with Crippen LogP contribution < -0.4 is 10.4 Å². The number of nitrogens with zero attached hydrogens (tertiary/aromatic N) is 1. The summed E-state index contributed by atoms with van der Waals surface area (Å²) < 4.78 is 0. The summed E-state index contributed by atoms with van der Waals surface area (Å²) >= 11 is 0. The third-order valence-electron chi connectivity index (χ3n) is 2.85. The molecule has 0 saturated heterocycles. The smallest absolute Gasteiger partial charge is 0.0732 e. The van der Waals surface area contributed by atoms with Crippen molar-refractivity contribution in [3.8, 4) is 0 Å². The number of allylic oxidation sites excluding steroid dienone is 1. The molecule has 0 saturated carbocycles. The van der Waals surface area contributed by atoms with Gasteiger partial charge in [0.2, 0.25) is 0 Å². The van der Waals surface area contributed by atoms with Crippen LogP contribution in [0, 0.1) is 0 Å². The first kappa shape index (κ1) is 7.74. The van der Waals surface area contributed by atoms with Crippen molar-refractivity contribution in [1.29, 1.82) is 0 Å². The van der Waals surface area contributed by atoms with Crippen LogP contribution in [0.25, 0.3) is 11.6 Å². The third kappa shape index (κ3) is 0.925. The molecule has 0 spiro atoms. The Kier molecular flexibility index (Phi) is 1.48. The van der Waals surface area contributed by atoms with Crippen molar-refractivity contribution in [2.45, 2.75) is 13.0 Å². The fourth-order valence-electron chi connectivity index (χ4n) is 2.20. The van der Waals surface area contributed by atoms with E-state index in [1.807, 2.05) is 6.21 Å². The fourth-order valence-corrected chi connectivity index (χ4v) is 2.20. The Morgan fingerprint density at radius 1 is 1.21 bits per heavy atom. The van der Waals surface area contributed by atoms with Crippen LogP contribution in [0.1, 0.15) is 6.92 Å². The van der Waals surface area contributed by atoms with E-state index in [1.165, 1.54) is 21.6 Å². The standard InChI is InChI=1S/C13H11N/c1-9-13-11(6-7-14-9)8-10-4-2-3-5-12(10)13/h2-9H,1H3. The predicted molar refractivity (Wildman–Crippen MR) is 59.6 cm³/mol. The molecule has 14 heavy (non-hydrogen) atoms. The zero-order valence-electron chi connectivity index (χ0n) is 8.07. The van der Waals surface area contributed by atoms with Crippen LogP contribution in [0.5, 0.6) is 0 Å². The summed E-state index contributed by atoms with van der Waals surface area (Å²) in [5.74, 6) is 0. The second-order valence-corrected chi connectivity index (χ2v) is 3.74. The highest BCUT2D eigenvalue weighted by atomic mass is 14.8. The van der Waals surface area contributed by atoms with E-state index in [4.69, 9.17) is 0 Å². The van der Waals surface area contributed by atoms with Crippen LogP contribution >= 0.6 is 0 Å². The van der Waals surface area contributed by atoms with Gasteiger partial charge in [0.05, 0.1) is 6.04 Å². The van der Waals surface area contributed by atoms with E-state index in [0.29, 0.717) is 6.04 Å². The second kappa shape index (κ2) is 2.68. The number of fused-ring (bicyclic) bond motifs is 2. The van der Waals surface area contributed by atoms with Gasteiger partial charge in [0, 0.05) is 6.21 Å². The lowest BCUT2D eigenvalue weighted by Gasteiger charge is -2.13. The first-order valence-corrected chi connectivity index (χ1v) is 4.91. The van der Waals surface area contributed by atoms with Gasteiger partial charge in [-0.05, 0) is 40.7 Å². The maximum atomic E-state index is 4.41. The Bertz CT molecular complexity index is 561. The first-order chi connectivity index (χ1) is 6.86. The molecule has 1 aliphatic carbocycles. The van der Waals surface area contributed by atoms with Gasteiger partial charge in [-0.2, -0.15) is 0 Å². The molecule has 0 radical (unpaired) electrons. The summed E-state index contributed by atoms with van der Waals surface area (Å²) in [6.07, 6.45) is 6.24. The van der Waals surface area contributed by atoms with Crippen LogP contribution in [0.15, 0.2) is 40.9 Å². The molecule has 1 aliphatic heterocycles. The average molecular weight is 181 g/mol. The highest BCUT2D eigenvalue weighted by Gasteiger charge is 2.17. The minimum atomic E-state index is 0.301. The Morgan fingerprint density at radius 3 is 3.00 bits per heavy atom. The molecule has 1 aromatic rings. The summed E-state index contributed by atoms with van der Waals surface area (Å²) in [6.45, 7) is 2.15. The Morgan fingerprint density at radius 2 is 2.07 bits per heavy atom. The van der Waals surface area contributed by atoms with Crippen molar-refractivity contribution in [3.05, 3.63) is 46.4 Å². The summed E-state index contributed by atoms with van der Waals surface area (Å²) in [7, 11) is 0. The molecule has 3 rings (SSSR count). The molecule has 1 heteroatoms. The van der Waals surface area contributed by atoms with E-state index in [9.17, 15) is 0 Å². The number of benzene rings is 1. The minimum Gasteiger partial charge on any atom is -0.285 e. The maximum Gasteiger partial charge on any atom is 0.0732 e. The normalized spacial score (nSPS) is 22.5. The van der Waals surface area contributed by atoms with Gasteiger partial charge < -0.3 is 0 Å². The molecule has 68 valence electrons. The fraction of sp³-hybridized carbons (Fsp3) is 0.154. The zero-order valence-corrected chi connectivity index (χ0v) is 8.07. The quantitative estimate of drug-likeness (QED) is 0.567. The van der Waals surface area contributed by atoms with Gasteiger partial charge in [-0.3, -0.25) is 4.99 Å². The molecule has 0 fully saturated rings. The molecule has 1 aromatic carbocycles. The Hall–Kier alpha value is -1.63. The lowest BCUT2D eigenvalue weighted by atomic mass is 9.99. The second-order valence-electron chi connectivity index (χ2n) is 3.74. The predicted octanol–water partition coefficient (Wildman–Crippen LogP) is 1.03. The molecule has 2 aliphatic rings. The van der Waals surface area contributed by atoms with Crippen molar-refractivity contribution in [2.24, 2.45) is 4.99 Å². The molecule has 1 nitrogen and oxygen atoms in total. The van der Waals surface area contributed by atoms with Crippen molar-refractivity contribution in [3.63, 3.8) is 0 Å². The van der Waals surface area contributed by atoms with Gasteiger partial charge in [0.15, 0.2) is 0 Å².